The third kappa shape index (κ3) is 5.61. The Bertz CT molecular complexity index is 411. The van der Waals surface area contributed by atoms with E-state index in [1.165, 1.54) is 12.1 Å². The van der Waals surface area contributed by atoms with Crippen molar-refractivity contribution in [3.05, 3.63) is 29.8 Å². The Morgan fingerprint density at radius 3 is 2.56 bits per heavy atom. The van der Waals surface area contributed by atoms with Crippen molar-refractivity contribution < 1.29 is 23.0 Å². The van der Waals surface area contributed by atoms with E-state index >= 15 is 0 Å². The molecule has 1 aromatic rings. The molecule has 0 saturated heterocycles. The van der Waals surface area contributed by atoms with Gasteiger partial charge in [0.05, 0.1) is 6.42 Å². The van der Waals surface area contributed by atoms with Crippen LogP contribution in [-0.4, -0.2) is 18.2 Å². The second-order valence-corrected chi connectivity index (χ2v) is 4.79. The predicted octanol–water partition coefficient (Wildman–Crippen LogP) is 3.17. The molecular weight excluding hydrogens is 242 g/mol. The summed E-state index contributed by atoms with van der Waals surface area (Å²) in [5.74, 6) is -0.372. The van der Waals surface area contributed by atoms with Crippen molar-refractivity contribution in [1.29, 1.82) is 0 Å². The first-order valence-corrected chi connectivity index (χ1v) is 5.52. The van der Waals surface area contributed by atoms with Crippen molar-refractivity contribution in [1.82, 2.24) is 0 Å². The molecule has 0 spiro atoms. The van der Waals surface area contributed by atoms with Gasteiger partial charge in [-0.2, -0.15) is 8.78 Å². The fourth-order valence-electron chi connectivity index (χ4n) is 1.38. The summed E-state index contributed by atoms with van der Waals surface area (Å²) in [5, 5.41) is 0. The molecule has 0 heterocycles. The molecule has 0 fully saturated rings. The molecular formula is C13H16F2O3. The van der Waals surface area contributed by atoms with Gasteiger partial charge in [-0.15, -0.1) is 0 Å². The van der Waals surface area contributed by atoms with Crippen molar-refractivity contribution in [3.8, 4) is 5.75 Å². The van der Waals surface area contributed by atoms with Crippen LogP contribution in [0.3, 0.4) is 0 Å². The van der Waals surface area contributed by atoms with Crippen molar-refractivity contribution in [2.45, 2.75) is 39.4 Å². The van der Waals surface area contributed by atoms with Gasteiger partial charge >= 0.3 is 12.6 Å². The Hall–Kier alpha value is -1.65. The monoisotopic (exact) mass is 258 g/mol. The molecule has 1 aromatic carbocycles. The summed E-state index contributed by atoms with van der Waals surface area (Å²) in [5.41, 5.74) is 0.0103. The molecule has 0 radical (unpaired) electrons. The average molecular weight is 258 g/mol. The molecule has 0 amide bonds. The van der Waals surface area contributed by atoms with E-state index in [-0.39, 0.29) is 12.2 Å². The standard InChI is InChI=1S/C13H16F2O3/c1-13(2,3)18-11(16)8-9-5-4-6-10(7-9)17-12(14)15/h4-7,12H,8H2,1-3H3. The van der Waals surface area contributed by atoms with E-state index in [0.29, 0.717) is 5.56 Å². The maximum atomic E-state index is 12.0. The van der Waals surface area contributed by atoms with Crippen LogP contribution >= 0.6 is 0 Å². The van der Waals surface area contributed by atoms with Crippen molar-refractivity contribution in [3.63, 3.8) is 0 Å². The third-order valence-electron chi connectivity index (χ3n) is 1.89. The number of esters is 1. The second-order valence-electron chi connectivity index (χ2n) is 4.79. The summed E-state index contributed by atoms with van der Waals surface area (Å²) in [6.07, 6.45) is 0.0255. The van der Waals surface area contributed by atoms with Gasteiger partial charge in [0.15, 0.2) is 0 Å². The molecule has 0 unspecified atom stereocenters. The first-order valence-electron chi connectivity index (χ1n) is 5.52. The summed E-state index contributed by atoms with van der Waals surface area (Å²) in [6, 6.07) is 6.01. The molecule has 0 N–H and O–H groups in total. The van der Waals surface area contributed by atoms with Gasteiger partial charge in [0.1, 0.15) is 11.4 Å². The lowest BCUT2D eigenvalue weighted by atomic mass is 10.1. The summed E-state index contributed by atoms with van der Waals surface area (Å²) in [6.45, 7) is 2.42. The van der Waals surface area contributed by atoms with E-state index in [1.807, 2.05) is 0 Å². The van der Waals surface area contributed by atoms with Crippen LogP contribution in [0.25, 0.3) is 0 Å². The molecule has 0 bridgehead atoms. The molecule has 0 saturated carbocycles. The topological polar surface area (TPSA) is 35.5 Å². The maximum absolute atomic E-state index is 12.0. The van der Waals surface area contributed by atoms with E-state index < -0.39 is 18.2 Å². The highest BCUT2D eigenvalue weighted by Gasteiger charge is 2.16. The van der Waals surface area contributed by atoms with Crippen LogP contribution < -0.4 is 4.74 Å². The highest BCUT2D eigenvalue weighted by Crippen LogP contribution is 2.17. The van der Waals surface area contributed by atoms with Crippen molar-refractivity contribution >= 4 is 5.97 Å². The minimum atomic E-state index is -2.87. The Balaban J connectivity index is 2.65. The SMILES string of the molecule is CC(C)(C)OC(=O)Cc1cccc(OC(F)F)c1. The number of alkyl halides is 2. The zero-order chi connectivity index (χ0) is 13.8. The molecule has 100 valence electrons. The average Bonchev–Trinajstić information content (AvgIpc) is 2.13. The number of benzene rings is 1. The normalized spacial score (nSPS) is 11.4. The first-order chi connectivity index (χ1) is 8.26. The van der Waals surface area contributed by atoms with E-state index in [9.17, 15) is 13.6 Å². The second kappa shape index (κ2) is 5.80. The fourth-order valence-corrected chi connectivity index (χ4v) is 1.38. The Labute approximate surface area is 105 Å². The predicted molar refractivity (Wildman–Crippen MR) is 62.6 cm³/mol. The van der Waals surface area contributed by atoms with Crippen LogP contribution in [0, 0.1) is 0 Å². The smallest absolute Gasteiger partial charge is 0.387 e. The summed E-state index contributed by atoms with van der Waals surface area (Å²) >= 11 is 0. The Morgan fingerprint density at radius 1 is 1.33 bits per heavy atom. The molecule has 3 nitrogen and oxygen atoms in total. The maximum Gasteiger partial charge on any atom is 0.387 e. The molecule has 0 aliphatic rings. The van der Waals surface area contributed by atoms with Gasteiger partial charge in [0.25, 0.3) is 0 Å². The molecule has 0 aliphatic carbocycles. The molecule has 1 rings (SSSR count). The number of hydrogen-bond donors (Lipinski definition) is 0. The number of ether oxygens (including phenoxy) is 2. The Morgan fingerprint density at radius 2 is 2.00 bits per heavy atom. The lowest BCUT2D eigenvalue weighted by Crippen LogP contribution is -2.24. The molecule has 5 heteroatoms. The van der Waals surface area contributed by atoms with Crippen LogP contribution in [0.15, 0.2) is 24.3 Å². The first kappa shape index (κ1) is 14.4. The zero-order valence-electron chi connectivity index (χ0n) is 10.6. The summed E-state index contributed by atoms with van der Waals surface area (Å²) < 4.78 is 33.4. The lowest BCUT2D eigenvalue weighted by Gasteiger charge is -2.19. The van der Waals surface area contributed by atoms with Crippen molar-refractivity contribution in [2.75, 3.05) is 0 Å². The van der Waals surface area contributed by atoms with Crippen LogP contribution in [-0.2, 0) is 16.0 Å². The summed E-state index contributed by atoms with van der Waals surface area (Å²) in [4.78, 5) is 11.6. The van der Waals surface area contributed by atoms with Gasteiger partial charge in [-0.25, -0.2) is 0 Å². The number of hydrogen-bond acceptors (Lipinski definition) is 3. The van der Waals surface area contributed by atoms with Crippen LogP contribution in [0.2, 0.25) is 0 Å². The number of carbonyl (C=O) groups is 1. The lowest BCUT2D eigenvalue weighted by molar-refractivity contribution is -0.153. The highest BCUT2D eigenvalue weighted by atomic mass is 19.3. The van der Waals surface area contributed by atoms with Gasteiger partial charge in [-0.1, -0.05) is 12.1 Å². The fraction of sp³-hybridized carbons (Fsp3) is 0.462. The van der Waals surface area contributed by atoms with Gasteiger partial charge in [0, 0.05) is 0 Å². The van der Waals surface area contributed by atoms with E-state index in [4.69, 9.17) is 4.74 Å². The van der Waals surface area contributed by atoms with Crippen LogP contribution in [0.5, 0.6) is 5.75 Å². The molecule has 0 aliphatic heterocycles. The van der Waals surface area contributed by atoms with Gasteiger partial charge in [-0.05, 0) is 38.5 Å². The van der Waals surface area contributed by atoms with Gasteiger partial charge in [0.2, 0.25) is 0 Å². The quantitative estimate of drug-likeness (QED) is 0.778. The minimum absolute atomic E-state index is 0.0255. The third-order valence-corrected chi connectivity index (χ3v) is 1.89. The van der Waals surface area contributed by atoms with Crippen molar-refractivity contribution in [2.24, 2.45) is 0 Å². The molecule has 18 heavy (non-hydrogen) atoms. The van der Waals surface area contributed by atoms with E-state index in [1.54, 1.807) is 32.9 Å². The van der Waals surface area contributed by atoms with Crippen LogP contribution in [0.4, 0.5) is 8.78 Å². The Kier molecular flexibility index (Phi) is 4.64. The van der Waals surface area contributed by atoms with Gasteiger partial charge < -0.3 is 9.47 Å². The van der Waals surface area contributed by atoms with E-state index in [2.05, 4.69) is 4.74 Å². The number of carbonyl (C=O) groups excluding carboxylic acids is 1. The van der Waals surface area contributed by atoms with E-state index in [0.717, 1.165) is 0 Å². The largest absolute Gasteiger partial charge is 0.460 e. The molecule has 0 atom stereocenters. The highest BCUT2D eigenvalue weighted by molar-refractivity contribution is 5.73. The number of halogens is 2. The zero-order valence-corrected chi connectivity index (χ0v) is 10.6. The summed E-state index contributed by atoms with van der Waals surface area (Å²) in [7, 11) is 0. The van der Waals surface area contributed by atoms with Gasteiger partial charge in [-0.3, -0.25) is 4.79 Å². The minimum Gasteiger partial charge on any atom is -0.460 e. The molecule has 0 aromatic heterocycles. The van der Waals surface area contributed by atoms with Crippen LogP contribution in [0.1, 0.15) is 26.3 Å². The number of rotatable bonds is 4.